The first-order valence-electron chi connectivity index (χ1n) is 7.80. The van der Waals surface area contributed by atoms with Crippen LogP contribution in [0.2, 0.25) is 0 Å². The molecule has 1 aromatic heterocycles. The highest BCUT2D eigenvalue weighted by Gasteiger charge is 2.17. The molecular weight excluding hydrogens is 354 g/mol. The SMILES string of the molecule is CC(NC(=O)c1cc(-c2ccccc2)no1)c1ccc(S(N)(=O)=O)cc1. The fourth-order valence-corrected chi connectivity index (χ4v) is 2.94. The molecule has 1 unspecified atom stereocenters. The highest BCUT2D eigenvalue weighted by Crippen LogP contribution is 2.20. The molecule has 1 amide bonds. The second kappa shape index (κ2) is 7.11. The lowest BCUT2D eigenvalue weighted by Crippen LogP contribution is -2.26. The second-order valence-corrected chi connectivity index (χ2v) is 7.31. The first-order valence-corrected chi connectivity index (χ1v) is 9.35. The summed E-state index contributed by atoms with van der Waals surface area (Å²) in [6.45, 7) is 1.78. The molecule has 0 saturated carbocycles. The largest absolute Gasteiger partial charge is 0.350 e. The Bertz CT molecular complexity index is 1010. The monoisotopic (exact) mass is 371 g/mol. The van der Waals surface area contributed by atoms with Crippen molar-refractivity contribution >= 4 is 15.9 Å². The number of sulfonamides is 1. The normalized spacial score (nSPS) is 12.5. The number of benzene rings is 2. The number of rotatable bonds is 5. The lowest BCUT2D eigenvalue weighted by Gasteiger charge is -2.13. The molecule has 0 aliphatic heterocycles. The standard InChI is InChI=1S/C18H17N3O4S/c1-12(13-7-9-15(10-8-13)26(19,23)24)20-18(22)17-11-16(21-25-17)14-5-3-2-4-6-14/h2-12H,1H3,(H,20,22)(H2,19,23,24). The Hall–Kier alpha value is -2.97. The van der Waals surface area contributed by atoms with Crippen molar-refractivity contribution in [3.63, 3.8) is 0 Å². The van der Waals surface area contributed by atoms with Crippen molar-refractivity contribution in [2.24, 2.45) is 5.14 Å². The van der Waals surface area contributed by atoms with Gasteiger partial charge in [0.15, 0.2) is 0 Å². The number of nitrogens with two attached hydrogens (primary N) is 1. The van der Waals surface area contributed by atoms with Crippen LogP contribution in [0.15, 0.2) is 70.1 Å². The van der Waals surface area contributed by atoms with Crippen LogP contribution in [0.3, 0.4) is 0 Å². The van der Waals surface area contributed by atoms with Crippen LogP contribution in [0, 0.1) is 0 Å². The van der Waals surface area contributed by atoms with E-state index in [0.29, 0.717) is 5.69 Å². The van der Waals surface area contributed by atoms with E-state index in [-0.39, 0.29) is 16.7 Å². The van der Waals surface area contributed by atoms with E-state index in [1.807, 2.05) is 30.3 Å². The minimum Gasteiger partial charge on any atom is -0.350 e. The zero-order valence-corrected chi connectivity index (χ0v) is 14.7. The van der Waals surface area contributed by atoms with Crippen molar-refractivity contribution in [1.29, 1.82) is 0 Å². The molecule has 0 aliphatic carbocycles. The summed E-state index contributed by atoms with van der Waals surface area (Å²) >= 11 is 0. The topological polar surface area (TPSA) is 115 Å². The van der Waals surface area contributed by atoms with Crippen molar-refractivity contribution in [1.82, 2.24) is 10.5 Å². The number of nitrogens with one attached hydrogen (secondary N) is 1. The average molecular weight is 371 g/mol. The number of carbonyl (C=O) groups is 1. The zero-order valence-electron chi connectivity index (χ0n) is 13.9. The van der Waals surface area contributed by atoms with Gasteiger partial charge in [0.1, 0.15) is 5.69 Å². The van der Waals surface area contributed by atoms with Gasteiger partial charge in [-0.15, -0.1) is 0 Å². The number of carbonyl (C=O) groups excluding carboxylic acids is 1. The molecule has 0 saturated heterocycles. The van der Waals surface area contributed by atoms with E-state index in [1.165, 1.54) is 12.1 Å². The number of aromatic nitrogens is 1. The third-order valence-electron chi connectivity index (χ3n) is 3.86. The predicted molar refractivity (Wildman–Crippen MR) is 95.6 cm³/mol. The molecule has 3 aromatic rings. The van der Waals surface area contributed by atoms with Crippen LogP contribution >= 0.6 is 0 Å². The van der Waals surface area contributed by atoms with Crippen molar-refractivity contribution in [3.05, 3.63) is 72.0 Å². The molecule has 26 heavy (non-hydrogen) atoms. The van der Waals surface area contributed by atoms with Gasteiger partial charge in [-0.2, -0.15) is 0 Å². The van der Waals surface area contributed by atoms with E-state index in [2.05, 4.69) is 10.5 Å². The van der Waals surface area contributed by atoms with Crippen LogP contribution in [0.5, 0.6) is 0 Å². The maximum atomic E-state index is 12.3. The van der Waals surface area contributed by atoms with Gasteiger partial charge in [-0.05, 0) is 24.6 Å². The molecule has 0 bridgehead atoms. The molecule has 7 nitrogen and oxygen atoms in total. The molecule has 0 radical (unpaired) electrons. The summed E-state index contributed by atoms with van der Waals surface area (Å²) in [6, 6.07) is 16.6. The van der Waals surface area contributed by atoms with Crippen LogP contribution in [0.25, 0.3) is 11.3 Å². The number of nitrogens with zero attached hydrogens (tertiary/aromatic N) is 1. The van der Waals surface area contributed by atoms with Gasteiger partial charge in [0.05, 0.1) is 10.9 Å². The summed E-state index contributed by atoms with van der Waals surface area (Å²) in [4.78, 5) is 12.4. The first kappa shape index (κ1) is 17.8. The quantitative estimate of drug-likeness (QED) is 0.715. The summed E-state index contributed by atoms with van der Waals surface area (Å²) in [7, 11) is -3.75. The fourth-order valence-electron chi connectivity index (χ4n) is 2.42. The molecule has 8 heteroatoms. The lowest BCUT2D eigenvalue weighted by molar-refractivity contribution is 0.0902. The summed E-state index contributed by atoms with van der Waals surface area (Å²) < 4.78 is 27.7. The third kappa shape index (κ3) is 3.98. The highest BCUT2D eigenvalue weighted by atomic mass is 32.2. The fraction of sp³-hybridized carbons (Fsp3) is 0.111. The minimum atomic E-state index is -3.75. The molecule has 3 N–H and O–H groups in total. The molecule has 0 fully saturated rings. The van der Waals surface area contributed by atoms with Crippen molar-refractivity contribution in [2.75, 3.05) is 0 Å². The summed E-state index contributed by atoms with van der Waals surface area (Å²) in [5, 5.41) is 11.8. The zero-order chi connectivity index (χ0) is 18.7. The van der Waals surface area contributed by atoms with Gasteiger partial charge < -0.3 is 9.84 Å². The highest BCUT2D eigenvalue weighted by molar-refractivity contribution is 7.89. The molecule has 0 spiro atoms. The molecule has 1 atom stereocenters. The second-order valence-electron chi connectivity index (χ2n) is 5.75. The number of hydrogen-bond acceptors (Lipinski definition) is 5. The molecule has 3 rings (SSSR count). The van der Waals surface area contributed by atoms with Crippen LogP contribution in [0.1, 0.15) is 29.1 Å². The first-order chi connectivity index (χ1) is 12.3. The average Bonchev–Trinajstić information content (AvgIpc) is 3.12. The molecule has 2 aromatic carbocycles. The van der Waals surface area contributed by atoms with Crippen LogP contribution < -0.4 is 10.5 Å². The summed E-state index contributed by atoms with van der Waals surface area (Å²) in [5.74, 6) is -0.320. The van der Waals surface area contributed by atoms with E-state index in [4.69, 9.17) is 9.66 Å². The van der Waals surface area contributed by atoms with Crippen molar-refractivity contribution < 1.29 is 17.7 Å². The van der Waals surface area contributed by atoms with Crippen molar-refractivity contribution in [2.45, 2.75) is 17.9 Å². The van der Waals surface area contributed by atoms with E-state index in [9.17, 15) is 13.2 Å². The minimum absolute atomic E-state index is 0.0162. The Morgan fingerprint density at radius 3 is 2.38 bits per heavy atom. The Balaban J connectivity index is 1.71. The lowest BCUT2D eigenvalue weighted by atomic mass is 10.1. The predicted octanol–water partition coefficient (Wildman–Crippen LogP) is 2.48. The number of amides is 1. The summed E-state index contributed by atoms with van der Waals surface area (Å²) in [5.41, 5.74) is 2.15. The molecular formula is C18H17N3O4S. The Morgan fingerprint density at radius 1 is 1.12 bits per heavy atom. The number of hydrogen-bond donors (Lipinski definition) is 2. The van der Waals surface area contributed by atoms with Gasteiger partial charge in [0.25, 0.3) is 5.91 Å². The van der Waals surface area contributed by atoms with E-state index >= 15 is 0 Å². The van der Waals surface area contributed by atoms with Crippen LogP contribution in [0.4, 0.5) is 0 Å². The van der Waals surface area contributed by atoms with Gasteiger partial charge in [0.2, 0.25) is 15.8 Å². The maximum absolute atomic E-state index is 12.3. The smallest absolute Gasteiger partial charge is 0.290 e. The molecule has 134 valence electrons. The Kier molecular flexibility index (Phi) is 4.88. The van der Waals surface area contributed by atoms with Gasteiger partial charge in [0, 0.05) is 11.6 Å². The van der Waals surface area contributed by atoms with Gasteiger partial charge >= 0.3 is 0 Å². The number of primary sulfonamides is 1. The maximum Gasteiger partial charge on any atom is 0.290 e. The summed E-state index contributed by atoms with van der Waals surface area (Å²) in [6.07, 6.45) is 0. The van der Waals surface area contributed by atoms with Crippen molar-refractivity contribution in [3.8, 4) is 11.3 Å². The van der Waals surface area contributed by atoms with E-state index in [1.54, 1.807) is 25.1 Å². The van der Waals surface area contributed by atoms with E-state index < -0.39 is 15.9 Å². The van der Waals surface area contributed by atoms with Gasteiger partial charge in [-0.25, -0.2) is 13.6 Å². The Morgan fingerprint density at radius 2 is 1.77 bits per heavy atom. The van der Waals surface area contributed by atoms with Gasteiger partial charge in [-0.3, -0.25) is 4.79 Å². The van der Waals surface area contributed by atoms with E-state index in [0.717, 1.165) is 11.1 Å². The molecule has 0 aliphatic rings. The van der Waals surface area contributed by atoms with Crippen LogP contribution in [-0.2, 0) is 10.0 Å². The Labute approximate surface area is 150 Å². The van der Waals surface area contributed by atoms with Gasteiger partial charge in [-0.1, -0.05) is 47.6 Å². The third-order valence-corrected chi connectivity index (χ3v) is 4.79. The van der Waals surface area contributed by atoms with Crippen LogP contribution in [-0.4, -0.2) is 19.5 Å². The molecule has 1 heterocycles.